The number of nitrogens with one attached hydrogen (secondary N) is 1. The van der Waals surface area contributed by atoms with Crippen LogP contribution >= 0.6 is 0 Å². The first kappa shape index (κ1) is 28.7. The molecule has 0 radical (unpaired) electrons. The predicted molar refractivity (Wildman–Crippen MR) is 149 cm³/mol. The molecule has 8 heteroatoms. The van der Waals surface area contributed by atoms with Crippen molar-refractivity contribution in [2.24, 2.45) is 40.4 Å². The second-order valence-corrected chi connectivity index (χ2v) is 13.3. The molecule has 0 unspecified atom stereocenters. The fourth-order valence-corrected chi connectivity index (χ4v) is 8.08. The van der Waals surface area contributed by atoms with Crippen molar-refractivity contribution in [3.63, 3.8) is 0 Å². The van der Waals surface area contributed by atoms with Crippen LogP contribution in [0.3, 0.4) is 0 Å². The Morgan fingerprint density at radius 3 is 2.50 bits per heavy atom. The molecule has 0 aliphatic heterocycles. The molecule has 2 saturated carbocycles. The van der Waals surface area contributed by atoms with Gasteiger partial charge >= 0.3 is 5.97 Å². The van der Waals surface area contributed by atoms with Gasteiger partial charge in [0.2, 0.25) is 5.91 Å². The Balaban J connectivity index is 1.59. The number of aryl methyl sites for hydroxylation is 1. The Hall–Kier alpha value is -2.81. The van der Waals surface area contributed by atoms with Crippen molar-refractivity contribution in [1.29, 1.82) is 0 Å². The number of carbonyl (C=O) groups excluding carboxylic acids is 3. The molecular weight excluding hydrogens is 510 g/mol. The zero-order chi connectivity index (χ0) is 29.5. The molecule has 2 bridgehead atoms. The molecular formula is C32H41NO7. The first-order valence-corrected chi connectivity index (χ1v) is 14.2. The number of ether oxygens (including phenoxy) is 1. The number of aliphatic hydroxyl groups excluding tert-OH is 2. The summed E-state index contributed by atoms with van der Waals surface area (Å²) < 4.78 is 6.04. The van der Waals surface area contributed by atoms with Crippen molar-refractivity contribution in [1.82, 2.24) is 0 Å². The highest BCUT2D eigenvalue weighted by Gasteiger charge is 2.76. The number of carbonyl (C=O) groups is 3. The minimum absolute atomic E-state index is 0.0346. The molecule has 0 saturated heterocycles. The van der Waals surface area contributed by atoms with Crippen LogP contribution in [-0.2, 0) is 14.3 Å². The Labute approximate surface area is 235 Å². The summed E-state index contributed by atoms with van der Waals surface area (Å²) in [5.74, 6) is -2.24. The number of aliphatic hydroxyl groups is 3. The number of anilines is 1. The lowest BCUT2D eigenvalue weighted by Gasteiger charge is -2.48. The summed E-state index contributed by atoms with van der Waals surface area (Å²) in [6.07, 6.45) is 1.03. The number of allylic oxidation sites excluding steroid dienone is 1. The van der Waals surface area contributed by atoms with Crippen LogP contribution in [0.15, 0.2) is 41.5 Å². The molecule has 40 heavy (non-hydrogen) atoms. The van der Waals surface area contributed by atoms with Gasteiger partial charge in [-0.15, -0.1) is 0 Å². The van der Waals surface area contributed by atoms with Crippen LogP contribution in [-0.4, -0.2) is 57.4 Å². The maximum absolute atomic E-state index is 14.5. The number of hydrogen-bond acceptors (Lipinski definition) is 7. The van der Waals surface area contributed by atoms with Crippen molar-refractivity contribution in [2.45, 2.75) is 72.7 Å². The molecule has 1 aromatic carbocycles. The molecule has 0 aromatic heterocycles. The van der Waals surface area contributed by atoms with Gasteiger partial charge in [-0.25, -0.2) is 4.79 Å². The number of esters is 1. The van der Waals surface area contributed by atoms with Gasteiger partial charge in [-0.2, -0.15) is 0 Å². The van der Waals surface area contributed by atoms with E-state index in [1.54, 1.807) is 58.0 Å². The molecule has 0 heterocycles. The molecule has 2 fully saturated rings. The molecule has 5 rings (SSSR count). The average Bonchev–Trinajstić information content (AvgIpc) is 3.37. The SMILES string of the molecule is CC1=C[C@]23C(=O)[C@@H](C=C(CO)[C@@H](O)[C@]2(O)[C@H]1OC(=O)c1c(C)cccc1NC(=O)C(C)C)[C@H]1[C@@H](C[C@H]3C)C1(C)C. The summed E-state index contributed by atoms with van der Waals surface area (Å²) in [5, 5.41) is 37.4. The molecule has 4 aliphatic rings. The second-order valence-electron chi connectivity index (χ2n) is 13.3. The van der Waals surface area contributed by atoms with Crippen LogP contribution in [0, 0.1) is 47.3 Å². The van der Waals surface area contributed by atoms with Gasteiger partial charge in [0, 0.05) is 11.8 Å². The number of ketones is 1. The zero-order valence-electron chi connectivity index (χ0n) is 24.3. The quantitative estimate of drug-likeness (QED) is 0.325. The van der Waals surface area contributed by atoms with Crippen LogP contribution in [0.5, 0.6) is 0 Å². The molecule has 4 aliphatic carbocycles. The van der Waals surface area contributed by atoms with Crippen molar-refractivity contribution < 1.29 is 34.4 Å². The van der Waals surface area contributed by atoms with Crippen LogP contribution < -0.4 is 5.32 Å². The van der Waals surface area contributed by atoms with Gasteiger partial charge in [0.05, 0.1) is 23.3 Å². The first-order valence-electron chi connectivity index (χ1n) is 14.2. The number of fused-ring (bicyclic) bond motifs is 3. The van der Waals surface area contributed by atoms with E-state index in [1.807, 2.05) is 6.92 Å². The summed E-state index contributed by atoms with van der Waals surface area (Å²) in [5.41, 5.74) is -2.22. The zero-order valence-corrected chi connectivity index (χ0v) is 24.3. The highest BCUT2D eigenvalue weighted by atomic mass is 16.6. The third-order valence-corrected chi connectivity index (χ3v) is 10.4. The highest BCUT2D eigenvalue weighted by molar-refractivity contribution is 6.03. The van der Waals surface area contributed by atoms with Crippen molar-refractivity contribution in [2.75, 3.05) is 11.9 Å². The van der Waals surface area contributed by atoms with Gasteiger partial charge in [-0.1, -0.05) is 58.9 Å². The molecule has 8 atom stereocenters. The van der Waals surface area contributed by atoms with Gasteiger partial charge < -0.3 is 25.4 Å². The lowest BCUT2D eigenvalue weighted by atomic mass is 9.59. The van der Waals surface area contributed by atoms with E-state index < -0.39 is 41.7 Å². The van der Waals surface area contributed by atoms with E-state index in [0.717, 1.165) is 0 Å². The van der Waals surface area contributed by atoms with Crippen molar-refractivity contribution >= 4 is 23.3 Å². The van der Waals surface area contributed by atoms with E-state index in [-0.39, 0.29) is 57.6 Å². The van der Waals surface area contributed by atoms with E-state index in [4.69, 9.17) is 4.74 Å². The standard InChI is InChI=1S/C32H41NO7/c1-15(2)28(37)33-22-10-8-9-16(3)23(22)29(38)40-27-17(4)13-31-18(5)11-21-24(30(21,6)7)20(26(31)36)12-19(14-34)25(35)32(27,31)39/h8-10,12-13,15,18,20-21,24-25,27,34-35,39H,11,14H2,1-7H3,(H,33,37)/t18-,20+,21-,24+,25-,27+,31+,32+/m1/s1. The maximum Gasteiger partial charge on any atom is 0.341 e. The van der Waals surface area contributed by atoms with Crippen LogP contribution in [0.25, 0.3) is 0 Å². The Kier molecular flexibility index (Phi) is 6.72. The normalized spacial score (nSPS) is 37.4. The summed E-state index contributed by atoms with van der Waals surface area (Å²) >= 11 is 0. The summed E-state index contributed by atoms with van der Waals surface area (Å²) in [7, 11) is 0. The van der Waals surface area contributed by atoms with Crippen molar-refractivity contribution in [3.8, 4) is 0 Å². The van der Waals surface area contributed by atoms with Crippen LogP contribution in [0.4, 0.5) is 5.69 Å². The van der Waals surface area contributed by atoms with Crippen LogP contribution in [0.2, 0.25) is 0 Å². The molecule has 8 nitrogen and oxygen atoms in total. The van der Waals surface area contributed by atoms with Crippen molar-refractivity contribution in [3.05, 3.63) is 52.6 Å². The fourth-order valence-electron chi connectivity index (χ4n) is 8.08. The number of Topliss-reactive ketones (excluding diaryl/α,β-unsaturated/α-hetero) is 1. The number of amides is 1. The molecule has 4 N–H and O–H groups in total. The summed E-state index contributed by atoms with van der Waals surface area (Å²) in [4.78, 5) is 40.8. The van der Waals surface area contributed by atoms with Gasteiger partial charge in [-0.05, 0) is 66.2 Å². The Morgan fingerprint density at radius 2 is 1.88 bits per heavy atom. The molecule has 1 spiro atoms. The Morgan fingerprint density at radius 1 is 1.20 bits per heavy atom. The number of rotatable bonds is 5. The number of hydrogen-bond donors (Lipinski definition) is 4. The van der Waals surface area contributed by atoms with E-state index in [0.29, 0.717) is 17.6 Å². The van der Waals surface area contributed by atoms with Gasteiger partial charge in [0.15, 0.2) is 17.5 Å². The first-order chi connectivity index (χ1) is 18.6. The molecule has 1 aromatic rings. The molecule has 216 valence electrons. The number of benzene rings is 1. The second kappa shape index (κ2) is 9.36. The third kappa shape index (κ3) is 3.72. The minimum Gasteiger partial charge on any atom is -0.451 e. The lowest BCUT2D eigenvalue weighted by molar-refractivity contribution is -0.190. The van der Waals surface area contributed by atoms with E-state index in [1.165, 1.54) is 0 Å². The fraction of sp³-hybridized carbons (Fsp3) is 0.594. The minimum atomic E-state index is -2.22. The van der Waals surface area contributed by atoms with Crippen LogP contribution in [0.1, 0.15) is 63.9 Å². The van der Waals surface area contributed by atoms with Gasteiger partial charge in [-0.3, -0.25) is 9.59 Å². The largest absolute Gasteiger partial charge is 0.451 e. The molecule has 1 amide bonds. The predicted octanol–water partition coefficient (Wildman–Crippen LogP) is 3.58. The topological polar surface area (TPSA) is 133 Å². The Bertz CT molecular complexity index is 1340. The van der Waals surface area contributed by atoms with E-state index in [9.17, 15) is 29.7 Å². The van der Waals surface area contributed by atoms with Gasteiger partial charge in [0.25, 0.3) is 0 Å². The monoisotopic (exact) mass is 551 g/mol. The van der Waals surface area contributed by atoms with Gasteiger partial charge in [0.1, 0.15) is 6.10 Å². The highest BCUT2D eigenvalue weighted by Crippen LogP contribution is 2.71. The van der Waals surface area contributed by atoms with E-state index >= 15 is 0 Å². The third-order valence-electron chi connectivity index (χ3n) is 10.4. The van der Waals surface area contributed by atoms with E-state index in [2.05, 4.69) is 19.2 Å². The lowest BCUT2D eigenvalue weighted by Crippen LogP contribution is -2.65. The maximum atomic E-state index is 14.5. The summed E-state index contributed by atoms with van der Waals surface area (Å²) in [6, 6.07) is 5.05. The summed E-state index contributed by atoms with van der Waals surface area (Å²) in [6.45, 7) is 12.6. The average molecular weight is 552 g/mol. The smallest absolute Gasteiger partial charge is 0.341 e.